The number of anilines is 1. The van der Waals surface area contributed by atoms with E-state index >= 15 is 0 Å². The first-order valence-corrected chi connectivity index (χ1v) is 8.64. The van der Waals surface area contributed by atoms with Gasteiger partial charge >= 0.3 is 0 Å². The lowest BCUT2D eigenvalue weighted by Crippen LogP contribution is -2.14. The van der Waals surface area contributed by atoms with Crippen molar-refractivity contribution in [2.75, 3.05) is 12.4 Å². The van der Waals surface area contributed by atoms with E-state index in [0.29, 0.717) is 15.7 Å². The SMILES string of the molecule is COc1ccc(CC(=O)Nc2nc(-c3cccc(Cl)c3)cs2)cc1F. The molecule has 0 aliphatic carbocycles. The van der Waals surface area contributed by atoms with Gasteiger partial charge in [0.15, 0.2) is 16.7 Å². The van der Waals surface area contributed by atoms with Crippen LogP contribution in [0.1, 0.15) is 5.56 Å². The predicted molar refractivity (Wildman–Crippen MR) is 97.8 cm³/mol. The molecule has 0 atom stereocenters. The first-order chi connectivity index (χ1) is 12.0. The zero-order chi connectivity index (χ0) is 17.8. The Morgan fingerprint density at radius 1 is 1.32 bits per heavy atom. The molecule has 1 heterocycles. The molecule has 3 aromatic rings. The summed E-state index contributed by atoms with van der Waals surface area (Å²) in [7, 11) is 1.39. The third kappa shape index (κ3) is 4.35. The van der Waals surface area contributed by atoms with E-state index in [1.165, 1.54) is 30.6 Å². The van der Waals surface area contributed by atoms with E-state index in [4.69, 9.17) is 16.3 Å². The van der Waals surface area contributed by atoms with Crippen LogP contribution in [0.15, 0.2) is 47.8 Å². The minimum atomic E-state index is -0.495. The molecular formula is C18H14ClFN2O2S. The number of thiazole rings is 1. The fourth-order valence-corrected chi connectivity index (χ4v) is 3.21. The number of rotatable bonds is 5. The highest BCUT2D eigenvalue weighted by atomic mass is 35.5. The summed E-state index contributed by atoms with van der Waals surface area (Å²) in [5.74, 6) is -0.614. The number of halogens is 2. The van der Waals surface area contributed by atoms with Crippen molar-refractivity contribution in [3.05, 3.63) is 64.2 Å². The maximum absolute atomic E-state index is 13.7. The van der Waals surface area contributed by atoms with Crippen molar-refractivity contribution in [1.29, 1.82) is 0 Å². The summed E-state index contributed by atoms with van der Waals surface area (Å²) < 4.78 is 18.5. The highest BCUT2D eigenvalue weighted by Gasteiger charge is 2.11. The summed E-state index contributed by atoms with van der Waals surface area (Å²) in [6.07, 6.45) is 0.0486. The standard InChI is InChI=1S/C18H14ClFN2O2S/c1-24-16-6-5-11(7-14(16)20)8-17(23)22-18-21-15(10-25-18)12-3-2-4-13(19)9-12/h2-7,9-10H,8H2,1H3,(H,21,22,23). The van der Waals surface area contributed by atoms with E-state index in [1.54, 1.807) is 12.1 Å². The minimum absolute atomic E-state index is 0.0486. The fraction of sp³-hybridized carbons (Fsp3) is 0.111. The van der Waals surface area contributed by atoms with Gasteiger partial charge in [-0.15, -0.1) is 11.3 Å². The van der Waals surface area contributed by atoms with Gasteiger partial charge in [-0.25, -0.2) is 9.37 Å². The number of hydrogen-bond acceptors (Lipinski definition) is 4. The third-order valence-electron chi connectivity index (χ3n) is 3.45. The molecule has 25 heavy (non-hydrogen) atoms. The fourth-order valence-electron chi connectivity index (χ4n) is 2.28. The molecule has 0 spiro atoms. The molecule has 3 rings (SSSR count). The topological polar surface area (TPSA) is 51.2 Å². The van der Waals surface area contributed by atoms with E-state index in [2.05, 4.69) is 10.3 Å². The first kappa shape index (κ1) is 17.4. The Labute approximate surface area is 153 Å². The number of carbonyl (C=O) groups excluding carboxylic acids is 1. The number of ether oxygens (including phenoxy) is 1. The molecular weight excluding hydrogens is 363 g/mol. The molecule has 1 N–H and O–H groups in total. The van der Waals surface area contributed by atoms with Crippen molar-refractivity contribution in [1.82, 2.24) is 4.98 Å². The summed E-state index contributed by atoms with van der Waals surface area (Å²) in [5.41, 5.74) is 2.17. The van der Waals surface area contributed by atoms with Crippen LogP contribution in [0.3, 0.4) is 0 Å². The summed E-state index contributed by atoms with van der Waals surface area (Å²) >= 11 is 7.29. The lowest BCUT2D eigenvalue weighted by molar-refractivity contribution is -0.115. The zero-order valence-electron chi connectivity index (χ0n) is 13.3. The van der Waals surface area contributed by atoms with Gasteiger partial charge in [0.1, 0.15) is 0 Å². The summed E-state index contributed by atoms with van der Waals surface area (Å²) in [5, 5.41) is 5.67. The number of carbonyl (C=O) groups is 1. The number of amides is 1. The summed E-state index contributed by atoms with van der Waals surface area (Å²) in [6.45, 7) is 0. The molecule has 2 aromatic carbocycles. The molecule has 0 bridgehead atoms. The smallest absolute Gasteiger partial charge is 0.230 e. The van der Waals surface area contributed by atoms with Crippen LogP contribution in [0.2, 0.25) is 5.02 Å². The highest BCUT2D eigenvalue weighted by Crippen LogP contribution is 2.27. The molecule has 0 unspecified atom stereocenters. The van der Waals surface area contributed by atoms with Gasteiger partial charge < -0.3 is 10.1 Å². The Morgan fingerprint density at radius 2 is 2.16 bits per heavy atom. The lowest BCUT2D eigenvalue weighted by Gasteiger charge is -2.05. The van der Waals surface area contributed by atoms with Crippen LogP contribution in [-0.2, 0) is 11.2 Å². The van der Waals surface area contributed by atoms with Gasteiger partial charge in [-0.05, 0) is 29.8 Å². The number of hydrogen-bond donors (Lipinski definition) is 1. The zero-order valence-corrected chi connectivity index (χ0v) is 14.8. The number of benzene rings is 2. The minimum Gasteiger partial charge on any atom is -0.494 e. The van der Waals surface area contributed by atoms with Crippen LogP contribution >= 0.6 is 22.9 Å². The average Bonchev–Trinajstić information content (AvgIpc) is 3.03. The predicted octanol–water partition coefficient (Wildman–Crippen LogP) is 4.79. The van der Waals surface area contributed by atoms with Gasteiger partial charge in [0.25, 0.3) is 0 Å². The molecule has 1 amide bonds. The van der Waals surface area contributed by atoms with Crippen LogP contribution < -0.4 is 10.1 Å². The van der Waals surface area contributed by atoms with E-state index in [1.807, 2.05) is 23.6 Å². The molecule has 0 aliphatic rings. The van der Waals surface area contributed by atoms with Crippen LogP contribution in [0, 0.1) is 5.82 Å². The van der Waals surface area contributed by atoms with Crippen LogP contribution in [-0.4, -0.2) is 18.0 Å². The lowest BCUT2D eigenvalue weighted by atomic mass is 10.1. The van der Waals surface area contributed by atoms with Gasteiger partial charge in [-0.2, -0.15) is 0 Å². The Morgan fingerprint density at radius 3 is 2.88 bits per heavy atom. The van der Waals surface area contributed by atoms with E-state index in [-0.39, 0.29) is 18.1 Å². The number of nitrogens with zero attached hydrogens (tertiary/aromatic N) is 1. The molecule has 0 saturated carbocycles. The van der Waals surface area contributed by atoms with Crippen molar-refractivity contribution in [2.24, 2.45) is 0 Å². The van der Waals surface area contributed by atoms with Crippen LogP contribution in [0.25, 0.3) is 11.3 Å². The Hall–Kier alpha value is -2.44. The second kappa shape index (κ2) is 7.63. The summed E-state index contributed by atoms with van der Waals surface area (Å²) in [6, 6.07) is 11.8. The Balaban J connectivity index is 1.66. The molecule has 7 heteroatoms. The van der Waals surface area contributed by atoms with Gasteiger partial charge in [-0.3, -0.25) is 4.79 Å². The van der Waals surface area contributed by atoms with Crippen molar-refractivity contribution in [2.45, 2.75) is 6.42 Å². The van der Waals surface area contributed by atoms with Gasteiger partial charge in [-0.1, -0.05) is 29.8 Å². The molecule has 0 saturated heterocycles. The van der Waals surface area contributed by atoms with E-state index in [0.717, 1.165) is 11.3 Å². The molecule has 0 radical (unpaired) electrons. The Bertz CT molecular complexity index is 914. The average molecular weight is 377 g/mol. The third-order valence-corrected chi connectivity index (χ3v) is 4.44. The van der Waals surface area contributed by atoms with Gasteiger partial charge in [0.05, 0.1) is 19.2 Å². The largest absolute Gasteiger partial charge is 0.494 e. The highest BCUT2D eigenvalue weighted by molar-refractivity contribution is 7.14. The maximum Gasteiger partial charge on any atom is 0.230 e. The van der Waals surface area contributed by atoms with Crippen molar-refractivity contribution >= 4 is 34.0 Å². The van der Waals surface area contributed by atoms with E-state index in [9.17, 15) is 9.18 Å². The maximum atomic E-state index is 13.7. The van der Waals surface area contributed by atoms with Crippen molar-refractivity contribution in [3.8, 4) is 17.0 Å². The Kier molecular flexibility index (Phi) is 5.31. The molecule has 4 nitrogen and oxygen atoms in total. The second-order valence-corrected chi connectivity index (χ2v) is 6.54. The number of methoxy groups -OCH3 is 1. The van der Waals surface area contributed by atoms with Crippen molar-refractivity contribution < 1.29 is 13.9 Å². The van der Waals surface area contributed by atoms with Crippen LogP contribution in [0.4, 0.5) is 9.52 Å². The quantitative estimate of drug-likeness (QED) is 0.696. The van der Waals surface area contributed by atoms with Gasteiger partial charge in [0, 0.05) is 16.0 Å². The molecule has 0 aliphatic heterocycles. The molecule has 1 aromatic heterocycles. The van der Waals surface area contributed by atoms with Crippen LogP contribution in [0.5, 0.6) is 5.75 Å². The first-order valence-electron chi connectivity index (χ1n) is 7.39. The van der Waals surface area contributed by atoms with Crippen molar-refractivity contribution in [3.63, 3.8) is 0 Å². The monoisotopic (exact) mass is 376 g/mol. The number of nitrogens with one attached hydrogen (secondary N) is 1. The second-order valence-electron chi connectivity index (χ2n) is 5.24. The number of aromatic nitrogens is 1. The molecule has 0 fully saturated rings. The normalized spacial score (nSPS) is 10.5. The van der Waals surface area contributed by atoms with E-state index < -0.39 is 5.82 Å². The van der Waals surface area contributed by atoms with Gasteiger partial charge in [0.2, 0.25) is 5.91 Å². The molecule has 128 valence electrons. The summed E-state index contributed by atoms with van der Waals surface area (Å²) in [4.78, 5) is 16.5.